The highest BCUT2D eigenvalue weighted by molar-refractivity contribution is 5.97. The summed E-state index contributed by atoms with van der Waals surface area (Å²) in [5.74, 6) is 2.30. The van der Waals surface area contributed by atoms with Crippen LogP contribution in [0.1, 0.15) is 40.7 Å². The molecule has 0 saturated heterocycles. The third-order valence-electron chi connectivity index (χ3n) is 4.63. The highest BCUT2D eigenvalue weighted by Gasteiger charge is 2.16. The van der Waals surface area contributed by atoms with Crippen molar-refractivity contribution in [1.29, 1.82) is 0 Å². The Morgan fingerprint density at radius 3 is 2.56 bits per heavy atom. The number of aryl methyl sites for hydroxylation is 2. The van der Waals surface area contributed by atoms with Gasteiger partial charge in [0.15, 0.2) is 0 Å². The first-order valence-electron chi connectivity index (χ1n) is 8.94. The summed E-state index contributed by atoms with van der Waals surface area (Å²) in [6, 6.07) is 19.3. The standard InChI is InChI=1S/C22H21N3O2/c1-14-9-12-21(27-14)15(2)23-22(26)17-10-11-20-19(13-17)24-16(3)25(20)18-7-5-4-6-8-18/h4-13,15H,1-3H3,(H,23,26). The van der Waals surface area contributed by atoms with Gasteiger partial charge in [-0.3, -0.25) is 9.36 Å². The van der Waals surface area contributed by atoms with Crippen LogP contribution in [-0.4, -0.2) is 15.5 Å². The van der Waals surface area contributed by atoms with Gasteiger partial charge in [-0.1, -0.05) is 18.2 Å². The molecule has 1 atom stereocenters. The molecule has 0 radical (unpaired) electrons. The topological polar surface area (TPSA) is 60.1 Å². The van der Waals surface area contributed by atoms with Gasteiger partial charge in [0.05, 0.1) is 17.1 Å². The average molecular weight is 359 g/mol. The number of benzene rings is 2. The molecule has 0 aliphatic heterocycles. The van der Waals surface area contributed by atoms with Crippen LogP contribution in [0.3, 0.4) is 0 Å². The number of amides is 1. The molecule has 0 aliphatic carbocycles. The van der Waals surface area contributed by atoms with Crippen molar-refractivity contribution in [3.05, 3.63) is 83.6 Å². The molecular weight excluding hydrogens is 338 g/mol. The molecule has 0 bridgehead atoms. The highest BCUT2D eigenvalue weighted by atomic mass is 16.3. The van der Waals surface area contributed by atoms with Crippen molar-refractivity contribution < 1.29 is 9.21 Å². The van der Waals surface area contributed by atoms with E-state index < -0.39 is 0 Å². The number of furan rings is 1. The molecule has 2 aromatic heterocycles. The second-order valence-corrected chi connectivity index (χ2v) is 6.68. The number of carbonyl (C=O) groups excluding carboxylic acids is 1. The summed E-state index contributed by atoms with van der Waals surface area (Å²) in [6.07, 6.45) is 0. The van der Waals surface area contributed by atoms with Crippen LogP contribution in [0.25, 0.3) is 16.7 Å². The molecule has 5 heteroatoms. The zero-order valence-corrected chi connectivity index (χ0v) is 15.6. The fourth-order valence-electron chi connectivity index (χ4n) is 3.28. The van der Waals surface area contributed by atoms with Crippen molar-refractivity contribution in [2.24, 2.45) is 0 Å². The molecule has 2 aromatic carbocycles. The van der Waals surface area contributed by atoms with Crippen molar-refractivity contribution in [2.45, 2.75) is 26.8 Å². The first-order chi connectivity index (χ1) is 13.0. The summed E-state index contributed by atoms with van der Waals surface area (Å²) in [4.78, 5) is 17.3. The van der Waals surface area contributed by atoms with Crippen LogP contribution >= 0.6 is 0 Å². The summed E-state index contributed by atoms with van der Waals surface area (Å²) in [7, 11) is 0. The van der Waals surface area contributed by atoms with Crippen LogP contribution in [0.4, 0.5) is 0 Å². The molecule has 0 fully saturated rings. The van der Waals surface area contributed by atoms with Gasteiger partial charge in [0.25, 0.3) is 5.91 Å². The summed E-state index contributed by atoms with van der Waals surface area (Å²) >= 11 is 0. The number of rotatable bonds is 4. The fourth-order valence-corrected chi connectivity index (χ4v) is 3.28. The number of hydrogen-bond acceptors (Lipinski definition) is 3. The van der Waals surface area contributed by atoms with Crippen molar-refractivity contribution >= 4 is 16.9 Å². The number of aromatic nitrogens is 2. The van der Waals surface area contributed by atoms with E-state index in [2.05, 4.69) is 14.9 Å². The maximum atomic E-state index is 12.7. The van der Waals surface area contributed by atoms with E-state index in [-0.39, 0.29) is 11.9 Å². The van der Waals surface area contributed by atoms with Crippen LogP contribution in [0, 0.1) is 13.8 Å². The molecule has 0 spiro atoms. The lowest BCUT2D eigenvalue weighted by Crippen LogP contribution is -2.26. The third kappa shape index (κ3) is 3.24. The average Bonchev–Trinajstić information content (AvgIpc) is 3.24. The van der Waals surface area contributed by atoms with Crippen molar-refractivity contribution in [3.63, 3.8) is 0 Å². The molecule has 27 heavy (non-hydrogen) atoms. The highest BCUT2D eigenvalue weighted by Crippen LogP contribution is 2.23. The van der Waals surface area contributed by atoms with Gasteiger partial charge in [-0.2, -0.15) is 0 Å². The van der Waals surface area contributed by atoms with E-state index in [1.165, 1.54) is 0 Å². The van der Waals surface area contributed by atoms with Crippen molar-refractivity contribution in [1.82, 2.24) is 14.9 Å². The summed E-state index contributed by atoms with van der Waals surface area (Å²) in [5.41, 5.74) is 3.40. The third-order valence-corrected chi connectivity index (χ3v) is 4.63. The van der Waals surface area contributed by atoms with Gasteiger partial charge < -0.3 is 9.73 Å². The lowest BCUT2D eigenvalue weighted by Gasteiger charge is -2.12. The lowest BCUT2D eigenvalue weighted by atomic mass is 10.1. The normalized spacial score (nSPS) is 12.3. The van der Waals surface area contributed by atoms with Crippen LogP contribution in [-0.2, 0) is 0 Å². The summed E-state index contributed by atoms with van der Waals surface area (Å²) in [6.45, 7) is 5.76. The number of nitrogens with one attached hydrogen (secondary N) is 1. The zero-order valence-electron chi connectivity index (χ0n) is 15.6. The minimum absolute atomic E-state index is 0.148. The Bertz CT molecular complexity index is 1110. The molecule has 1 unspecified atom stereocenters. The van der Waals surface area contributed by atoms with Crippen LogP contribution in [0.2, 0.25) is 0 Å². The molecular formula is C22H21N3O2. The second kappa shape index (κ2) is 6.76. The maximum absolute atomic E-state index is 12.7. The fraction of sp³-hybridized carbons (Fsp3) is 0.182. The smallest absolute Gasteiger partial charge is 0.251 e. The number of fused-ring (bicyclic) bond motifs is 1. The van der Waals surface area contributed by atoms with Crippen molar-refractivity contribution in [3.8, 4) is 5.69 Å². The molecule has 5 nitrogen and oxygen atoms in total. The molecule has 1 amide bonds. The van der Waals surface area contributed by atoms with Crippen LogP contribution < -0.4 is 5.32 Å². The van der Waals surface area contributed by atoms with E-state index in [4.69, 9.17) is 4.42 Å². The van der Waals surface area contributed by atoms with Gasteiger partial charge in [-0.25, -0.2) is 4.98 Å². The van der Waals surface area contributed by atoms with Gasteiger partial charge in [0.2, 0.25) is 0 Å². The van der Waals surface area contributed by atoms with Crippen LogP contribution in [0.15, 0.2) is 65.1 Å². The number of carbonyl (C=O) groups is 1. The van der Waals surface area contributed by atoms with E-state index in [0.29, 0.717) is 5.56 Å². The second-order valence-electron chi connectivity index (χ2n) is 6.68. The Morgan fingerprint density at radius 2 is 1.85 bits per heavy atom. The largest absolute Gasteiger partial charge is 0.464 e. The number of imidazole rings is 1. The lowest BCUT2D eigenvalue weighted by molar-refractivity contribution is 0.0935. The van der Waals surface area contributed by atoms with Gasteiger partial charge in [-0.15, -0.1) is 0 Å². The predicted octanol–water partition coefficient (Wildman–Crippen LogP) is 4.73. The molecule has 0 aliphatic rings. The van der Waals surface area contributed by atoms with E-state index in [9.17, 15) is 4.79 Å². The minimum atomic E-state index is -0.203. The van der Waals surface area contributed by atoms with Crippen LogP contribution in [0.5, 0.6) is 0 Å². The quantitative estimate of drug-likeness (QED) is 0.573. The Morgan fingerprint density at radius 1 is 1.07 bits per heavy atom. The van der Waals surface area contributed by atoms with E-state index in [1.54, 1.807) is 0 Å². The Kier molecular flexibility index (Phi) is 4.28. The molecule has 0 saturated carbocycles. The van der Waals surface area contributed by atoms with Gasteiger partial charge in [0, 0.05) is 11.3 Å². The van der Waals surface area contributed by atoms with E-state index in [0.717, 1.165) is 34.1 Å². The molecule has 4 rings (SSSR count). The Hall–Kier alpha value is -3.34. The Labute approximate surface area is 157 Å². The minimum Gasteiger partial charge on any atom is -0.464 e. The van der Waals surface area contributed by atoms with E-state index >= 15 is 0 Å². The molecule has 1 N–H and O–H groups in total. The first-order valence-corrected chi connectivity index (χ1v) is 8.94. The monoisotopic (exact) mass is 359 g/mol. The SMILES string of the molecule is Cc1ccc(C(C)NC(=O)c2ccc3c(c2)nc(C)n3-c2ccccc2)o1. The molecule has 4 aromatic rings. The summed E-state index contributed by atoms with van der Waals surface area (Å²) < 4.78 is 7.68. The molecule has 2 heterocycles. The number of hydrogen-bond donors (Lipinski definition) is 1. The summed E-state index contributed by atoms with van der Waals surface area (Å²) in [5, 5.41) is 2.98. The zero-order chi connectivity index (χ0) is 19.0. The van der Waals surface area contributed by atoms with Gasteiger partial charge in [-0.05, 0) is 63.2 Å². The predicted molar refractivity (Wildman–Crippen MR) is 105 cm³/mol. The molecule has 136 valence electrons. The Balaban J connectivity index is 1.63. The number of para-hydroxylation sites is 1. The van der Waals surface area contributed by atoms with Gasteiger partial charge in [0.1, 0.15) is 17.3 Å². The van der Waals surface area contributed by atoms with Gasteiger partial charge >= 0.3 is 0 Å². The van der Waals surface area contributed by atoms with E-state index in [1.807, 2.05) is 81.4 Å². The van der Waals surface area contributed by atoms with Crippen molar-refractivity contribution in [2.75, 3.05) is 0 Å². The number of nitrogens with zero attached hydrogens (tertiary/aromatic N) is 2. The maximum Gasteiger partial charge on any atom is 0.251 e. The first kappa shape index (κ1) is 17.1.